The van der Waals surface area contributed by atoms with E-state index in [-0.39, 0.29) is 33.9 Å². The maximum atomic E-state index is 10.0. The Kier molecular flexibility index (Phi) is 2.91. The molecule has 1 heterocycles. The van der Waals surface area contributed by atoms with Crippen LogP contribution in [0.15, 0.2) is 0 Å². The van der Waals surface area contributed by atoms with Crippen molar-refractivity contribution < 1.29 is 35.4 Å². The minimum atomic E-state index is -0.398. The van der Waals surface area contributed by atoms with Crippen LogP contribution in [0.5, 0.6) is 0 Å². The smallest absolute Gasteiger partial charge is 0.314 e. The molecule has 1 aliphatic heterocycles. The molecule has 0 aromatic heterocycles. The molecule has 0 radical (unpaired) electrons. The van der Waals surface area contributed by atoms with Gasteiger partial charge in [0, 0.05) is 21.1 Å². The second kappa shape index (κ2) is 2.98. The molecule has 1 rings (SSSR count). The number of esters is 2. The minimum Gasteiger partial charge on any atom is -0.393 e. The fraction of sp³-hybridized carbons (Fsp3) is 0.500. The molecule has 4 heteroatoms. The second-order valence-corrected chi connectivity index (χ2v) is 1.35. The molecule has 8 heavy (non-hydrogen) atoms. The summed E-state index contributed by atoms with van der Waals surface area (Å²) in [6.45, 7) is 0. The molecule has 1 aliphatic rings. The molecule has 0 aliphatic carbocycles. The van der Waals surface area contributed by atoms with Crippen molar-refractivity contribution in [2.45, 2.75) is 12.8 Å². The van der Waals surface area contributed by atoms with Gasteiger partial charge in [-0.3, -0.25) is 9.59 Å². The molecule has 0 amide bonds. The number of cyclic esters (lactones) is 2. The van der Waals surface area contributed by atoms with Gasteiger partial charge in [-0.15, -0.1) is 0 Å². The molecular formula is C4H4MoO3. The van der Waals surface area contributed by atoms with Gasteiger partial charge in [0.1, 0.15) is 0 Å². The van der Waals surface area contributed by atoms with E-state index in [2.05, 4.69) is 4.74 Å². The van der Waals surface area contributed by atoms with Gasteiger partial charge in [-0.25, -0.2) is 0 Å². The van der Waals surface area contributed by atoms with Crippen molar-refractivity contribution >= 4 is 11.9 Å². The summed E-state index contributed by atoms with van der Waals surface area (Å²) in [6, 6.07) is 0. The number of hydrogen-bond donors (Lipinski definition) is 0. The Bertz CT molecular complexity index is 106. The molecule has 3 nitrogen and oxygen atoms in total. The van der Waals surface area contributed by atoms with Crippen LogP contribution in [0.1, 0.15) is 12.8 Å². The van der Waals surface area contributed by atoms with Crippen LogP contribution in [0.2, 0.25) is 0 Å². The Morgan fingerprint density at radius 2 is 1.50 bits per heavy atom. The van der Waals surface area contributed by atoms with Gasteiger partial charge in [0.05, 0.1) is 12.8 Å². The minimum absolute atomic E-state index is 0. The van der Waals surface area contributed by atoms with Gasteiger partial charge in [0.25, 0.3) is 0 Å². The van der Waals surface area contributed by atoms with Crippen LogP contribution in [0.3, 0.4) is 0 Å². The topological polar surface area (TPSA) is 43.4 Å². The maximum absolute atomic E-state index is 10.0. The van der Waals surface area contributed by atoms with E-state index in [1.165, 1.54) is 0 Å². The van der Waals surface area contributed by atoms with Gasteiger partial charge < -0.3 is 4.74 Å². The van der Waals surface area contributed by atoms with E-state index in [4.69, 9.17) is 0 Å². The van der Waals surface area contributed by atoms with Crippen LogP contribution in [0, 0.1) is 0 Å². The predicted molar refractivity (Wildman–Crippen MR) is 20.3 cm³/mol. The monoisotopic (exact) mass is 198 g/mol. The average Bonchev–Trinajstić information content (AvgIpc) is 1.87. The van der Waals surface area contributed by atoms with E-state index in [1.807, 2.05) is 0 Å². The molecule has 0 atom stereocenters. The molecule has 0 N–H and O–H groups in total. The van der Waals surface area contributed by atoms with Crippen LogP contribution in [0.25, 0.3) is 0 Å². The average molecular weight is 196 g/mol. The predicted octanol–water partition coefficient (Wildman–Crippen LogP) is -0.152. The van der Waals surface area contributed by atoms with Crippen molar-refractivity contribution in [1.82, 2.24) is 0 Å². The van der Waals surface area contributed by atoms with Crippen molar-refractivity contribution in [1.29, 1.82) is 0 Å². The zero-order chi connectivity index (χ0) is 5.28. The maximum Gasteiger partial charge on any atom is 0.314 e. The van der Waals surface area contributed by atoms with Gasteiger partial charge in [-0.2, -0.15) is 0 Å². The van der Waals surface area contributed by atoms with Crippen LogP contribution in [-0.2, 0) is 35.4 Å². The summed E-state index contributed by atoms with van der Waals surface area (Å²) in [7, 11) is 0. The molecule has 0 saturated carbocycles. The fourth-order valence-corrected chi connectivity index (χ4v) is 0.433. The van der Waals surface area contributed by atoms with E-state index in [0.717, 1.165) is 0 Å². The molecule has 0 bridgehead atoms. The van der Waals surface area contributed by atoms with Crippen molar-refractivity contribution in [2.24, 2.45) is 0 Å². The molecule has 0 aromatic rings. The van der Waals surface area contributed by atoms with E-state index in [9.17, 15) is 9.59 Å². The van der Waals surface area contributed by atoms with Gasteiger partial charge in [-0.1, -0.05) is 0 Å². The molecule has 44 valence electrons. The second-order valence-electron chi connectivity index (χ2n) is 1.35. The Morgan fingerprint density at radius 3 is 1.62 bits per heavy atom. The molecular weight excluding hydrogens is 192 g/mol. The van der Waals surface area contributed by atoms with E-state index in [0.29, 0.717) is 0 Å². The quantitative estimate of drug-likeness (QED) is 0.307. The number of rotatable bonds is 0. The standard InChI is InChI=1S/C4H4O3.Mo/c5-3-1-2-4(6)7-3;/h1-2H2;. The Morgan fingerprint density at radius 1 is 1.12 bits per heavy atom. The molecule has 0 aromatic carbocycles. The zero-order valence-corrected chi connectivity index (χ0v) is 6.05. The summed E-state index contributed by atoms with van der Waals surface area (Å²) in [6.07, 6.45) is 0.525. The number of ether oxygens (including phenoxy) is 1. The van der Waals surface area contributed by atoms with Gasteiger partial charge in [-0.05, 0) is 0 Å². The summed E-state index contributed by atoms with van der Waals surface area (Å²) in [5.41, 5.74) is 0. The molecule has 0 spiro atoms. The summed E-state index contributed by atoms with van der Waals surface area (Å²) < 4.78 is 4.08. The zero-order valence-electron chi connectivity index (χ0n) is 4.05. The van der Waals surface area contributed by atoms with Crippen molar-refractivity contribution in [3.63, 3.8) is 0 Å². The van der Waals surface area contributed by atoms with Crippen LogP contribution >= 0.6 is 0 Å². The Balaban J connectivity index is 0.000000490. The van der Waals surface area contributed by atoms with E-state index < -0.39 is 11.9 Å². The third-order valence-electron chi connectivity index (χ3n) is 0.761. The summed E-state index contributed by atoms with van der Waals surface area (Å²) in [5.74, 6) is -0.796. The third kappa shape index (κ3) is 1.74. The normalized spacial score (nSPS) is 17.5. The number of hydrogen-bond acceptors (Lipinski definition) is 3. The summed E-state index contributed by atoms with van der Waals surface area (Å²) in [4.78, 5) is 20.0. The van der Waals surface area contributed by atoms with E-state index in [1.54, 1.807) is 0 Å². The van der Waals surface area contributed by atoms with E-state index >= 15 is 0 Å². The fourth-order valence-electron chi connectivity index (χ4n) is 0.433. The SMILES string of the molecule is O=C1CCC(=O)O1.[Mo]. The number of carbonyl (C=O) groups is 2. The Labute approximate surface area is 60.7 Å². The molecule has 1 saturated heterocycles. The van der Waals surface area contributed by atoms with Crippen molar-refractivity contribution in [3.8, 4) is 0 Å². The van der Waals surface area contributed by atoms with Crippen molar-refractivity contribution in [3.05, 3.63) is 0 Å². The third-order valence-corrected chi connectivity index (χ3v) is 0.761. The summed E-state index contributed by atoms with van der Waals surface area (Å²) in [5, 5.41) is 0. The van der Waals surface area contributed by atoms with Crippen LogP contribution in [-0.4, -0.2) is 11.9 Å². The van der Waals surface area contributed by atoms with Gasteiger partial charge in [0.15, 0.2) is 0 Å². The molecule has 1 fully saturated rings. The first-order chi connectivity index (χ1) is 3.29. The Hall–Kier alpha value is -0.172. The van der Waals surface area contributed by atoms with Gasteiger partial charge in [0.2, 0.25) is 0 Å². The van der Waals surface area contributed by atoms with Gasteiger partial charge >= 0.3 is 11.9 Å². The first kappa shape index (κ1) is 7.83. The largest absolute Gasteiger partial charge is 0.393 e. The summed E-state index contributed by atoms with van der Waals surface area (Å²) >= 11 is 0. The number of carbonyl (C=O) groups excluding carboxylic acids is 2. The first-order valence-electron chi connectivity index (χ1n) is 2.02. The molecule has 0 unspecified atom stereocenters. The van der Waals surface area contributed by atoms with Crippen molar-refractivity contribution in [2.75, 3.05) is 0 Å². The van der Waals surface area contributed by atoms with Crippen LogP contribution < -0.4 is 0 Å². The van der Waals surface area contributed by atoms with Crippen LogP contribution in [0.4, 0.5) is 0 Å². The first-order valence-corrected chi connectivity index (χ1v) is 2.02.